The Morgan fingerprint density at radius 2 is 2.05 bits per heavy atom. The van der Waals surface area contributed by atoms with E-state index in [1.807, 2.05) is 37.3 Å². The molecule has 0 aliphatic carbocycles. The molecule has 0 unspecified atom stereocenters. The number of allylic oxidation sites excluding steroid dienone is 1. The van der Waals surface area contributed by atoms with Crippen molar-refractivity contribution in [2.45, 2.75) is 6.42 Å². The second-order valence-corrected chi connectivity index (χ2v) is 5.79. The molecule has 0 amide bonds. The van der Waals surface area contributed by atoms with E-state index >= 15 is 0 Å². The van der Waals surface area contributed by atoms with Gasteiger partial charge in [0.1, 0.15) is 0 Å². The van der Waals surface area contributed by atoms with E-state index in [0.29, 0.717) is 22.0 Å². The monoisotopic (exact) mass is 322 g/mol. The summed E-state index contributed by atoms with van der Waals surface area (Å²) < 4.78 is 0. The van der Waals surface area contributed by atoms with Gasteiger partial charge in [0.25, 0.3) is 5.56 Å². The summed E-state index contributed by atoms with van der Waals surface area (Å²) in [5.74, 6) is 0. The highest BCUT2D eigenvalue weighted by molar-refractivity contribution is 6.35. The Hall–Kier alpha value is -1.71. The first-order valence-corrected chi connectivity index (χ1v) is 7.22. The zero-order chi connectivity index (χ0) is 15.4. The Morgan fingerprint density at radius 1 is 1.29 bits per heavy atom. The molecule has 0 saturated heterocycles. The van der Waals surface area contributed by atoms with Crippen molar-refractivity contribution in [2.24, 2.45) is 0 Å². The smallest absolute Gasteiger partial charge is 0.255 e. The fourth-order valence-electron chi connectivity index (χ4n) is 2.07. The van der Waals surface area contributed by atoms with E-state index in [1.165, 1.54) is 0 Å². The van der Waals surface area contributed by atoms with Gasteiger partial charge in [0, 0.05) is 48.5 Å². The molecule has 2 rings (SSSR count). The van der Waals surface area contributed by atoms with Gasteiger partial charge in [-0.25, -0.2) is 0 Å². The number of aromatic nitrogens is 1. The third-order valence-electron chi connectivity index (χ3n) is 2.97. The predicted molar refractivity (Wildman–Crippen MR) is 88.9 cm³/mol. The summed E-state index contributed by atoms with van der Waals surface area (Å²) in [5.41, 5.74) is 2.34. The van der Waals surface area contributed by atoms with E-state index in [0.717, 1.165) is 11.1 Å². The average molecular weight is 323 g/mol. The van der Waals surface area contributed by atoms with E-state index in [2.05, 4.69) is 4.98 Å². The largest absolute Gasteiger partial charge is 0.383 e. The van der Waals surface area contributed by atoms with Gasteiger partial charge in [0.2, 0.25) is 0 Å². The summed E-state index contributed by atoms with van der Waals surface area (Å²) >= 11 is 12.1. The first-order chi connectivity index (χ1) is 9.97. The molecule has 1 heterocycles. The van der Waals surface area contributed by atoms with E-state index in [-0.39, 0.29) is 5.56 Å². The van der Waals surface area contributed by atoms with Gasteiger partial charge >= 0.3 is 0 Å². The Labute approximate surface area is 133 Å². The summed E-state index contributed by atoms with van der Waals surface area (Å²) in [6.45, 7) is 0. The third-order valence-corrected chi connectivity index (χ3v) is 3.56. The Kier molecular flexibility index (Phi) is 5.10. The highest BCUT2D eigenvalue weighted by Crippen LogP contribution is 2.26. The van der Waals surface area contributed by atoms with Crippen molar-refractivity contribution >= 4 is 28.8 Å². The highest BCUT2D eigenvalue weighted by Gasteiger charge is 2.10. The fraction of sp³-hybridized carbons (Fsp3) is 0.188. The lowest BCUT2D eigenvalue weighted by Gasteiger charge is -2.13. The van der Waals surface area contributed by atoms with Crippen molar-refractivity contribution in [3.63, 3.8) is 0 Å². The molecule has 0 fully saturated rings. The maximum atomic E-state index is 12.0. The van der Waals surface area contributed by atoms with Gasteiger partial charge in [-0.2, -0.15) is 0 Å². The first kappa shape index (κ1) is 15.7. The summed E-state index contributed by atoms with van der Waals surface area (Å²) in [7, 11) is 3.83. The number of H-pyrrole nitrogens is 1. The fourth-order valence-corrected chi connectivity index (χ4v) is 2.54. The molecular formula is C16H16Cl2N2O. The lowest BCUT2D eigenvalue weighted by atomic mass is 10.00. The van der Waals surface area contributed by atoms with Crippen LogP contribution in [0.5, 0.6) is 0 Å². The zero-order valence-corrected chi connectivity index (χ0v) is 13.4. The number of hydrogen-bond acceptors (Lipinski definition) is 2. The van der Waals surface area contributed by atoms with Crippen LogP contribution in [0.4, 0.5) is 0 Å². The molecule has 1 aromatic heterocycles. The van der Waals surface area contributed by atoms with Crippen LogP contribution in [0.1, 0.15) is 11.1 Å². The Morgan fingerprint density at radius 3 is 2.67 bits per heavy atom. The SMILES string of the molecule is CN(C)C=C(Cc1ccc(Cl)cc1Cl)c1ccc[nH]c1=O. The second kappa shape index (κ2) is 6.83. The van der Waals surface area contributed by atoms with Crippen LogP contribution in [0.3, 0.4) is 0 Å². The van der Waals surface area contributed by atoms with Crippen LogP contribution in [-0.2, 0) is 6.42 Å². The van der Waals surface area contributed by atoms with Crippen LogP contribution in [0.25, 0.3) is 5.57 Å². The van der Waals surface area contributed by atoms with Crippen LogP contribution < -0.4 is 5.56 Å². The summed E-state index contributed by atoms with van der Waals surface area (Å²) in [6, 6.07) is 9.00. The summed E-state index contributed by atoms with van der Waals surface area (Å²) in [5, 5.41) is 1.19. The minimum Gasteiger partial charge on any atom is -0.383 e. The summed E-state index contributed by atoms with van der Waals surface area (Å²) in [6.07, 6.45) is 4.10. The number of hydrogen-bond donors (Lipinski definition) is 1. The maximum absolute atomic E-state index is 12.0. The molecule has 0 aliphatic rings. The van der Waals surface area contributed by atoms with E-state index < -0.39 is 0 Å². The molecule has 1 N–H and O–H groups in total. The van der Waals surface area contributed by atoms with E-state index in [9.17, 15) is 4.79 Å². The van der Waals surface area contributed by atoms with Crippen LogP contribution in [-0.4, -0.2) is 24.0 Å². The van der Waals surface area contributed by atoms with Gasteiger partial charge in [0.05, 0.1) is 0 Å². The average Bonchev–Trinajstić information content (AvgIpc) is 2.41. The molecule has 0 saturated carbocycles. The molecule has 5 heteroatoms. The minimum atomic E-state index is -0.115. The molecule has 3 nitrogen and oxygen atoms in total. The second-order valence-electron chi connectivity index (χ2n) is 4.94. The van der Waals surface area contributed by atoms with Gasteiger partial charge in [-0.3, -0.25) is 4.79 Å². The lowest BCUT2D eigenvalue weighted by Crippen LogP contribution is -2.13. The number of nitrogens with zero attached hydrogens (tertiary/aromatic N) is 1. The van der Waals surface area contributed by atoms with Crippen LogP contribution in [0.15, 0.2) is 47.5 Å². The topological polar surface area (TPSA) is 36.1 Å². The van der Waals surface area contributed by atoms with Crippen LogP contribution >= 0.6 is 23.2 Å². The van der Waals surface area contributed by atoms with E-state index in [1.54, 1.807) is 24.4 Å². The quantitative estimate of drug-likeness (QED) is 0.928. The van der Waals surface area contributed by atoms with Crippen molar-refractivity contribution in [2.75, 3.05) is 14.1 Å². The number of nitrogens with one attached hydrogen (secondary N) is 1. The van der Waals surface area contributed by atoms with Crippen molar-refractivity contribution in [1.82, 2.24) is 9.88 Å². The molecule has 1 aromatic carbocycles. The standard InChI is InChI=1S/C16H16Cl2N2O/c1-20(2)10-12(14-4-3-7-19-16(14)21)8-11-5-6-13(17)9-15(11)18/h3-7,9-10H,8H2,1-2H3,(H,19,21). The number of aromatic amines is 1. The lowest BCUT2D eigenvalue weighted by molar-refractivity contribution is 0.564. The molecular weight excluding hydrogens is 307 g/mol. The first-order valence-electron chi connectivity index (χ1n) is 6.46. The minimum absolute atomic E-state index is 0.115. The molecule has 0 atom stereocenters. The van der Waals surface area contributed by atoms with Gasteiger partial charge in [-0.1, -0.05) is 29.3 Å². The number of pyridine rings is 1. The molecule has 110 valence electrons. The normalized spacial score (nSPS) is 11.5. The third kappa shape index (κ3) is 4.13. The Balaban J connectivity index is 2.43. The van der Waals surface area contributed by atoms with Crippen LogP contribution in [0.2, 0.25) is 10.0 Å². The number of halogens is 2. The zero-order valence-electron chi connectivity index (χ0n) is 11.9. The highest BCUT2D eigenvalue weighted by atomic mass is 35.5. The molecule has 0 spiro atoms. The van der Waals surface area contributed by atoms with Gasteiger partial charge in [-0.05, 0) is 35.4 Å². The van der Waals surface area contributed by atoms with Gasteiger partial charge < -0.3 is 9.88 Å². The maximum Gasteiger partial charge on any atom is 0.255 e. The van der Waals surface area contributed by atoms with Crippen molar-refractivity contribution < 1.29 is 0 Å². The molecule has 2 aromatic rings. The Bertz CT molecular complexity index is 720. The van der Waals surface area contributed by atoms with Crippen molar-refractivity contribution in [3.8, 4) is 0 Å². The predicted octanol–water partition coefficient (Wildman–Crippen LogP) is 3.83. The van der Waals surface area contributed by atoms with E-state index in [4.69, 9.17) is 23.2 Å². The number of rotatable bonds is 4. The summed E-state index contributed by atoms with van der Waals surface area (Å²) in [4.78, 5) is 16.6. The molecule has 0 aliphatic heterocycles. The van der Waals surface area contributed by atoms with Crippen LogP contribution in [0, 0.1) is 0 Å². The number of benzene rings is 1. The van der Waals surface area contributed by atoms with Crippen molar-refractivity contribution in [3.05, 3.63) is 74.3 Å². The van der Waals surface area contributed by atoms with Gasteiger partial charge in [-0.15, -0.1) is 0 Å². The molecule has 0 radical (unpaired) electrons. The van der Waals surface area contributed by atoms with Gasteiger partial charge in [0.15, 0.2) is 0 Å². The van der Waals surface area contributed by atoms with Crippen molar-refractivity contribution in [1.29, 1.82) is 0 Å². The molecule has 21 heavy (non-hydrogen) atoms. The molecule has 0 bridgehead atoms.